The van der Waals surface area contributed by atoms with Crippen LogP contribution in [-0.2, 0) is 4.79 Å². The van der Waals surface area contributed by atoms with Crippen molar-refractivity contribution in [2.75, 3.05) is 14.2 Å². The van der Waals surface area contributed by atoms with E-state index in [9.17, 15) is 15.0 Å². The molecule has 0 saturated carbocycles. The van der Waals surface area contributed by atoms with Crippen molar-refractivity contribution in [3.8, 4) is 11.5 Å². The molecule has 2 N–H and O–H groups in total. The van der Waals surface area contributed by atoms with Crippen LogP contribution in [0.15, 0.2) is 59.1 Å². The molecule has 0 fully saturated rings. The van der Waals surface area contributed by atoms with Crippen LogP contribution in [0.3, 0.4) is 0 Å². The fourth-order valence-electron chi connectivity index (χ4n) is 1.95. The summed E-state index contributed by atoms with van der Waals surface area (Å²) in [6.07, 6.45) is 1.11. The van der Waals surface area contributed by atoms with Crippen LogP contribution in [0.4, 0.5) is 5.69 Å². The van der Waals surface area contributed by atoms with Gasteiger partial charge in [0.2, 0.25) is 0 Å². The summed E-state index contributed by atoms with van der Waals surface area (Å²) in [4.78, 5) is 15.5. The van der Waals surface area contributed by atoms with Crippen molar-refractivity contribution in [1.82, 2.24) is 0 Å². The number of aliphatic hydroxyl groups excluding tert-OH is 1. The van der Waals surface area contributed by atoms with Crippen molar-refractivity contribution >= 4 is 23.6 Å². The Morgan fingerprint density at radius 2 is 1.67 bits per heavy atom. The maximum atomic E-state index is 11.4. The van der Waals surface area contributed by atoms with Crippen molar-refractivity contribution in [3.63, 3.8) is 0 Å². The first kappa shape index (κ1) is 17.1. The fraction of sp³-hybridized carbons (Fsp3) is 0.111. The molecule has 0 aliphatic heterocycles. The Labute approximate surface area is 139 Å². The molecule has 0 aromatic heterocycles. The third kappa shape index (κ3) is 4.13. The van der Waals surface area contributed by atoms with Gasteiger partial charge >= 0.3 is 5.97 Å². The van der Waals surface area contributed by atoms with Gasteiger partial charge in [-0.05, 0) is 36.4 Å². The van der Waals surface area contributed by atoms with Gasteiger partial charge in [-0.15, -0.1) is 0 Å². The third-order valence-corrected chi connectivity index (χ3v) is 3.24. The second-order valence-corrected chi connectivity index (χ2v) is 4.76. The normalized spacial score (nSPS) is 11.9. The number of carboxylic acid groups (broad SMARTS) is 1. The van der Waals surface area contributed by atoms with Crippen LogP contribution in [0.25, 0.3) is 5.76 Å². The van der Waals surface area contributed by atoms with Gasteiger partial charge in [0.15, 0.2) is 0 Å². The highest BCUT2D eigenvalue weighted by molar-refractivity contribution is 6.14. The van der Waals surface area contributed by atoms with Crippen LogP contribution in [0.1, 0.15) is 5.56 Å². The lowest BCUT2D eigenvalue weighted by Crippen LogP contribution is -2.05. The Morgan fingerprint density at radius 3 is 2.25 bits per heavy atom. The summed E-state index contributed by atoms with van der Waals surface area (Å²) in [6.45, 7) is 0. The fourth-order valence-corrected chi connectivity index (χ4v) is 1.95. The van der Waals surface area contributed by atoms with E-state index in [0.29, 0.717) is 22.7 Å². The van der Waals surface area contributed by atoms with Crippen LogP contribution in [-0.4, -0.2) is 36.6 Å². The number of carboxylic acids is 1. The van der Waals surface area contributed by atoms with E-state index in [1.54, 1.807) is 55.6 Å². The van der Waals surface area contributed by atoms with E-state index in [0.717, 1.165) is 6.21 Å². The molecule has 0 spiro atoms. The number of hydrogen-bond acceptors (Lipinski definition) is 5. The minimum atomic E-state index is -1.28. The molecule has 0 heterocycles. The number of hydrogen-bond donors (Lipinski definition) is 2. The summed E-state index contributed by atoms with van der Waals surface area (Å²) >= 11 is 0. The first-order valence-electron chi connectivity index (χ1n) is 7.04. The molecule has 2 aromatic carbocycles. The molecule has 2 rings (SSSR count). The van der Waals surface area contributed by atoms with Crippen LogP contribution >= 0.6 is 0 Å². The molecule has 124 valence electrons. The summed E-state index contributed by atoms with van der Waals surface area (Å²) in [5, 5.41) is 19.6. The largest absolute Gasteiger partial charge is 0.506 e. The van der Waals surface area contributed by atoms with E-state index in [1.807, 2.05) is 0 Å². The molecule has 0 bridgehead atoms. The lowest BCUT2D eigenvalue weighted by atomic mass is 10.1. The van der Waals surface area contributed by atoms with Gasteiger partial charge in [0, 0.05) is 11.8 Å². The topological polar surface area (TPSA) is 88.4 Å². The molecule has 24 heavy (non-hydrogen) atoms. The van der Waals surface area contributed by atoms with E-state index in [4.69, 9.17) is 9.47 Å². The second kappa shape index (κ2) is 7.82. The number of aliphatic carboxylic acids is 1. The summed E-state index contributed by atoms with van der Waals surface area (Å²) in [6, 6.07) is 13.3. The predicted octanol–water partition coefficient (Wildman–Crippen LogP) is 3.46. The zero-order chi connectivity index (χ0) is 17.5. The van der Waals surface area contributed by atoms with Gasteiger partial charge in [-0.3, -0.25) is 4.99 Å². The van der Waals surface area contributed by atoms with Gasteiger partial charge in [-0.25, -0.2) is 4.79 Å². The smallest absolute Gasteiger partial charge is 0.341 e. The molecule has 0 atom stereocenters. The maximum absolute atomic E-state index is 11.4. The highest BCUT2D eigenvalue weighted by atomic mass is 16.5. The van der Waals surface area contributed by atoms with Crippen molar-refractivity contribution in [3.05, 3.63) is 59.7 Å². The number of methoxy groups -OCH3 is 2. The van der Waals surface area contributed by atoms with Gasteiger partial charge in [-0.1, -0.05) is 12.1 Å². The minimum absolute atomic E-state index is 0.320. The highest BCUT2D eigenvalue weighted by Crippen LogP contribution is 2.22. The first-order chi connectivity index (χ1) is 11.5. The first-order valence-corrected chi connectivity index (χ1v) is 7.04. The number of rotatable bonds is 6. The molecule has 0 aliphatic rings. The number of benzene rings is 2. The van der Waals surface area contributed by atoms with E-state index >= 15 is 0 Å². The van der Waals surface area contributed by atoms with E-state index in [-0.39, 0.29) is 5.57 Å². The molecule has 0 radical (unpaired) electrons. The van der Waals surface area contributed by atoms with Gasteiger partial charge in [0.05, 0.1) is 19.9 Å². The van der Waals surface area contributed by atoms with E-state index in [1.165, 1.54) is 7.11 Å². The standard InChI is InChI=1S/C18H17NO5/c1-23-14-8-6-13(7-9-14)19-11-16(18(21)22)17(20)12-4-3-5-15(10-12)24-2/h3-11,20H,1-2H3,(H,21,22). The minimum Gasteiger partial charge on any atom is -0.506 e. The average Bonchev–Trinajstić information content (AvgIpc) is 2.62. The monoisotopic (exact) mass is 327 g/mol. The zero-order valence-electron chi connectivity index (χ0n) is 13.3. The zero-order valence-corrected chi connectivity index (χ0v) is 13.3. The quantitative estimate of drug-likeness (QED) is 0.482. The number of ether oxygens (including phenoxy) is 2. The molecule has 2 aromatic rings. The van der Waals surface area contributed by atoms with Crippen molar-refractivity contribution < 1.29 is 24.5 Å². The Morgan fingerprint density at radius 1 is 1.00 bits per heavy atom. The Bertz CT molecular complexity index is 778. The van der Waals surface area contributed by atoms with Crippen LogP contribution in [0, 0.1) is 0 Å². The Balaban J connectivity index is 2.36. The molecular weight excluding hydrogens is 310 g/mol. The van der Waals surface area contributed by atoms with Crippen molar-refractivity contribution in [2.45, 2.75) is 0 Å². The van der Waals surface area contributed by atoms with Crippen LogP contribution < -0.4 is 9.47 Å². The van der Waals surface area contributed by atoms with E-state index < -0.39 is 11.7 Å². The molecule has 0 saturated heterocycles. The Kier molecular flexibility index (Phi) is 5.57. The Hall–Kier alpha value is -3.28. The second-order valence-electron chi connectivity index (χ2n) is 4.76. The molecule has 6 heteroatoms. The summed E-state index contributed by atoms with van der Waals surface area (Å²) in [5.41, 5.74) is 0.542. The third-order valence-electron chi connectivity index (χ3n) is 3.24. The lowest BCUT2D eigenvalue weighted by molar-refractivity contribution is -0.132. The molecular formula is C18H17NO5. The lowest BCUT2D eigenvalue weighted by Gasteiger charge is -2.06. The van der Waals surface area contributed by atoms with Crippen LogP contribution in [0.5, 0.6) is 11.5 Å². The number of aliphatic imine (C=N–C) groups is 1. The molecule has 6 nitrogen and oxygen atoms in total. The van der Waals surface area contributed by atoms with Gasteiger partial charge in [0.1, 0.15) is 22.8 Å². The van der Waals surface area contributed by atoms with Gasteiger partial charge in [0.25, 0.3) is 0 Å². The van der Waals surface area contributed by atoms with Crippen molar-refractivity contribution in [2.24, 2.45) is 4.99 Å². The van der Waals surface area contributed by atoms with E-state index in [2.05, 4.69) is 4.99 Å². The van der Waals surface area contributed by atoms with Crippen LogP contribution in [0.2, 0.25) is 0 Å². The highest BCUT2D eigenvalue weighted by Gasteiger charge is 2.14. The number of nitrogens with zero attached hydrogens (tertiary/aromatic N) is 1. The number of aliphatic hydroxyl groups is 1. The summed E-state index contributed by atoms with van der Waals surface area (Å²) in [7, 11) is 3.04. The predicted molar refractivity (Wildman–Crippen MR) is 91.3 cm³/mol. The molecule has 0 aliphatic carbocycles. The van der Waals surface area contributed by atoms with Gasteiger partial charge in [-0.2, -0.15) is 0 Å². The maximum Gasteiger partial charge on any atom is 0.341 e. The SMILES string of the molecule is COc1ccc(N=CC(C(=O)O)=C(O)c2cccc(OC)c2)cc1. The van der Waals surface area contributed by atoms with Gasteiger partial charge < -0.3 is 19.7 Å². The van der Waals surface area contributed by atoms with Crippen molar-refractivity contribution in [1.29, 1.82) is 0 Å². The average molecular weight is 327 g/mol. The number of carbonyl (C=O) groups is 1. The molecule has 0 amide bonds. The summed E-state index contributed by atoms with van der Waals surface area (Å²) in [5.74, 6) is -0.496. The molecule has 0 unspecified atom stereocenters. The summed E-state index contributed by atoms with van der Waals surface area (Å²) < 4.78 is 10.1.